The van der Waals surface area contributed by atoms with E-state index in [1.807, 2.05) is 27.2 Å². The molecule has 0 aliphatic rings. The van der Waals surface area contributed by atoms with E-state index in [0.717, 1.165) is 19.3 Å². The maximum atomic E-state index is 11.8. The fraction of sp³-hybridized carbons (Fsp3) is 0.857. The Morgan fingerprint density at radius 3 is 1.29 bits per heavy atom. The molecule has 3 N–H and O–H groups in total. The minimum atomic E-state index is -4.63. The highest BCUT2D eigenvalue weighted by Crippen LogP contribution is 2.50. The van der Waals surface area contributed by atoms with Crippen LogP contribution in [0.1, 0.15) is 122 Å². The predicted molar refractivity (Wildman–Crippen MR) is 147 cm³/mol. The molecule has 0 rings (SSSR count). The Morgan fingerprint density at radius 2 is 1.00 bits per heavy atom. The third kappa shape index (κ3) is 19.8. The van der Waals surface area contributed by atoms with Crippen LogP contribution in [0.25, 0.3) is 0 Å². The van der Waals surface area contributed by atoms with Crippen molar-refractivity contribution in [3.8, 4) is 0 Å². The van der Waals surface area contributed by atoms with Crippen molar-refractivity contribution in [1.82, 2.24) is 0 Å². The van der Waals surface area contributed by atoms with Gasteiger partial charge in [0.15, 0.2) is 0 Å². The molecule has 34 heavy (non-hydrogen) atoms. The van der Waals surface area contributed by atoms with Crippen LogP contribution in [0.3, 0.4) is 0 Å². The number of unbranched alkanes of at least 4 members (excludes halogenated alkanes) is 18. The Balaban J connectivity index is 3.55. The number of allylic oxidation sites excluding steroid dienone is 2. The van der Waals surface area contributed by atoms with Gasteiger partial charge in [0.05, 0.1) is 21.1 Å². The molecule has 5 nitrogen and oxygen atoms in total. The number of nitrogens with zero attached hydrogens (tertiary/aromatic N) is 1. The van der Waals surface area contributed by atoms with Gasteiger partial charge in [0.2, 0.25) is 5.34 Å². The van der Waals surface area contributed by atoms with Crippen LogP contribution >= 0.6 is 7.60 Å². The summed E-state index contributed by atoms with van der Waals surface area (Å²) in [6.45, 7) is 3.75. The normalized spacial score (nSPS) is 14.5. The first-order valence-electron chi connectivity index (χ1n) is 13.9. The molecule has 0 saturated carbocycles. The van der Waals surface area contributed by atoms with Gasteiger partial charge in [-0.25, -0.2) is 0 Å². The number of hydrogen-bond acceptors (Lipinski definition) is 2. The predicted octanol–water partition coefficient (Wildman–Crippen LogP) is 7.71. The summed E-state index contributed by atoms with van der Waals surface area (Å²) in [4.78, 5) is 19.1. The molecule has 0 saturated heterocycles. The SMILES string of the molecule is C=CCCCCCCCCCCCCCCCCCCC/C=C/C(O)(C[N+](C)(C)C)P(=O)(O)O. The van der Waals surface area contributed by atoms with Gasteiger partial charge < -0.3 is 19.4 Å². The quantitative estimate of drug-likeness (QED) is 0.0546. The van der Waals surface area contributed by atoms with Gasteiger partial charge in [-0.15, -0.1) is 6.58 Å². The lowest BCUT2D eigenvalue weighted by Crippen LogP contribution is -2.48. The first-order chi connectivity index (χ1) is 16.0. The monoisotopic (exact) mass is 502 g/mol. The summed E-state index contributed by atoms with van der Waals surface area (Å²) in [6.07, 6.45) is 29.5. The Hall–Kier alpha value is -0.450. The van der Waals surface area contributed by atoms with Gasteiger partial charge >= 0.3 is 7.60 Å². The van der Waals surface area contributed by atoms with Crippen molar-refractivity contribution >= 4 is 7.60 Å². The summed E-state index contributed by atoms with van der Waals surface area (Å²) in [5.41, 5.74) is 0. The molecular formula is C28H57NO4P+. The molecule has 0 amide bonds. The van der Waals surface area contributed by atoms with Crippen molar-refractivity contribution in [2.45, 2.75) is 127 Å². The maximum Gasteiger partial charge on any atom is 0.366 e. The lowest BCUT2D eigenvalue weighted by Gasteiger charge is -2.33. The second-order valence-corrected chi connectivity index (χ2v) is 13.0. The second-order valence-electron chi connectivity index (χ2n) is 11.1. The van der Waals surface area contributed by atoms with E-state index in [2.05, 4.69) is 6.58 Å². The average Bonchev–Trinajstić information content (AvgIpc) is 2.73. The van der Waals surface area contributed by atoms with Gasteiger partial charge in [-0.05, 0) is 31.8 Å². The van der Waals surface area contributed by atoms with Crippen LogP contribution in [0.4, 0.5) is 0 Å². The van der Waals surface area contributed by atoms with Crippen LogP contribution in [0.2, 0.25) is 0 Å². The average molecular weight is 503 g/mol. The van der Waals surface area contributed by atoms with E-state index >= 15 is 0 Å². The highest BCUT2D eigenvalue weighted by molar-refractivity contribution is 7.53. The van der Waals surface area contributed by atoms with Crippen LogP contribution in [-0.4, -0.2) is 52.4 Å². The zero-order valence-corrected chi connectivity index (χ0v) is 23.6. The van der Waals surface area contributed by atoms with Crippen LogP contribution < -0.4 is 0 Å². The van der Waals surface area contributed by atoms with Crippen molar-refractivity contribution < 1.29 is 23.9 Å². The van der Waals surface area contributed by atoms with E-state index in [9.17, 15) is 19.5 Å². The molecule has 0 aromatic heterocycles. The summed E-state index contributed by atoms with van der Waals surface area (Å²) >= 11 is 0. The Kier molecular flexibility index (Phi) is 19.4. The van der Waals surface area contributed by atoms with Gasteiger partial charge in [0, 0.05) is 0 Å². The summed E-state index contributed by atoms with van der Waals surface area (Å²) < 4.78 is 12.0. The van der Waals surface area contributed by atoms with Gasteiger partial charge in [-0.2, -0.15) is 0 Å². The van der Waals surface area contributed by atoms with Crippen molar-refractivity contribution in [1.29, 1.82) is 0 Å². The minimum absolute atomic E-state index is 0.0233. The lowest BCUT2D eigenvalue weighted by molar-refractivity contribution is -0.874. The number of quaternary nitrogens is 1. The van der Waals surface area contributed by atoms with E-state index in [-0.39, 0.29) is 11.0 Å². The lowest BCUT2D eigenvalue weighted by atomic mass is 10.0. The van der Waals surface area contributed by atoms with Crippen LogP contribution in [0, 0.1) is 0 Å². The first-order valence-corrected chi connectivity index (χ1v) is 15.5. The molecule has 0 radical (unpaired) electrons. The molecule has 0 aliphatic heterocycles. The largest absolute Gasteiger partial charge is 0.369 e. The van der Waals surface area contributed by atoms with Gasteiger partial charge in [-0.3, -0.25) is 4.57 Å². The van der Waals surface area contributed by atoms with Crippen molar-refractivity contribution in [2.24, 2.45) is 0 Å². The van der Waals surface area contributed by atoms with E-state index < -0.39 is 12.9 Å². The molecule has 202 valence electrons. The number of likely N-dealkylation sites (N-methyl/N-ethyl adjacent to an activating group) is 1. The summed E-state index contributed by atoms with van der Waals surface area (Å²) in [6, 6.07) is 0. The van der Waals surface area contributed by atoms with Crippen molar-refractivity contribution in [3.63, 3.8) is 0 Å². The molecule has 0 fully saturated rings. The van der Waals surface area contributed by atoms with Crippen LogP contribution in [-0.2, 0) is 4.57 Å². The maximum absolute atomic E-state index is 11.8. The summed E-state index contributed by atoms with van der Waals surface area (Å²) in [7, 11) is 0.800. The highest BCUT2D eigenvalue weighted by Gasteiger charge is 2.47. The number of hydrogen-bond donors (Lipinski definition) is 3. The van der Waals surface area contributed by atoms with E-state index in [1.165, 1.54) is 109 Å². The molecule has 1 atom stereocenters. The molecular weight excluding hydrogens is 445 g/mol. The standard InChI is InChI=1S/C28H56NO4P/c1-5-6-7-8-9-10-11-12-13-14-15-16-17-18-19-20-21-22-23-24-25-26-28(30,34(31,32)33)27-29(2,3)4/h5,25-26,30H,1,6-24,27H2,2-4H3,(H-,31,32,33)/p+1/b26-25+. The summed E-state index contributed by atoms with van der Waals surface area (Å²) in [5, 5.41) is 8.39. The number of aliphatic hydroxyl groups is 1. The fourth-order valence-corrected chi connectivity index (χ4v) is 5.32. The Bertz CT molecular complexity index is 567. The highest BCUT2D eigenvalue weighted by atomic mass is 31.2. The third-order valence-electron chi connectivity index (χ3n) is 6.38. The van der Waals surface area contributed by atoms with Crippen LogP contribution in [0.15, 0.2) is 24.8 Å². The van der Waals surface area contributed by atoms with E-state index in [1.54, 1.807) is 6.08 Å². The molecule has 0 bridgehead atoms. The smallest absolute Gasteiger partial charge is 0.366 e. The van der Waals surface area contributed by atoms with Gasteiger partial charge in [0.1, 0.15) is 6.54 Å². The summed E-state index contributed by atoms with van der Waals surface area (Å²) in [5.74, 6) is 0. The minimum Gasteiger partial charge on any atom is -0.369 e. The third-order valence-corrected chi connectivity index (χ3v) is 7.67. The Labute approximate surface area is 211 Å². The molecule has 6 heteroatoms. The molecule has 0 aromatic rings. The molecule has 0 aromatic carbocycles. The zero-order chi connectivity index (χ0) is 25.8. The Morgan fingerprint density at radius 1 is 0.676 bits per heavy atom. The van der Waals surface area contributed by atoms with Gasteiger partial charge in [0.25, 0.3) is 0 Å². The molecule has 1 unspecified atom stereocenters. The topological polar surface area (TPSA) is 77.8 Å². The second kappa shape index (κ2) is 19.7. The van der Waals surface area contributed by atoms with Crippen molar-refractivity contribution in [3.05, 3.63) is 24.8 Å². The molecule has 0 spiro atoms. The van der Waals surface area contributed by atoms with E-state index in [4.69, 9.17) is 0 Å². The first kappa shape index (κ1) is 33.5. The van der Waals surface area contributed by atoms with Gasteiger partial charge in [-0.1, -0.05) is 108 Å². The van der Waals surface area contributed by atoms with Crippen LogP contribution in [0.5, 0.6) is 0 Å². The molecule has 0 aliphatic carbocycles. The zero-order valence-electron chi connectivity index (χ0n) is 22.7. The fourth-order valence-electron chi connectivity index (χ4n) is 4.41. The molecule has 0 heterocycles. The number of rotatable bonds is 24. The van der Waals surface area contributed by atoms with E-state index in [0.29, 0.717) is 0 Å². The van der Waals surface area contributed by atoms with Crippen molar-refractivity contribution in [2.75, 3.05) is 27.7 Å².